The molecule has 1 aliphatic rings. The van der Waals surface area contributed by atoms with Crippen LogP contribution in [0.1, 0.15) is 23.7 Å². The van der Waals surface area contributed by atoms with Gasteiger partial charge in [0.2, 0.25) is 0 Å². The summed E-state index contributed by atoms with van der Waals surface area (Å²) in [6, 6.07) is 2.24. The van der Waals surface area contributed by atoms with Crippen LogP contribution in [0, 0.1) is 5.92 Å². The Morgan fingerprint density at radius 2 is 2.44 bits per heavy atom. The van der Waals surface area contributed by atoms with Gasteiger partial charge in [0.05, 0.1) is 11.8 Å². The largest absolute Gasteiger partial charge is 0.472 e. The summed E-state index contributed by atoms with van der Waals surface area (Å²) >= 11 is 0. The fraction of sp³-hybridized carbons (Fsp3) is 0.583. The van der Waals surface area contributed by atoms with Crippen molar-refractivity contribution in [3.05, 3.63) is 24.2 Å². The van der Waals surface area contributed by atoms with Crippen LogP contribution in [0.15, 0.2) is 23.0 Å². The van der Waals surface area contributed by atoms with Crippen LogP contribution in [0.3, 0.4) is 0 Å². The number of carbonyl (C=O) groups is 1. The lowest BCUT2D eigenvalue weighted by Crippen LogP contribution is -2.49. The van der Waals surface area contributed by atoms with E-state index < -0.39 is 0 Å². The number of piperidine rings is 1. The Labute approximate surface area is 95.6 Å². The molecule has 0 aliphatic carbocycles. The molecule has 0 aromatic carbocycles. The minimum absolute atomic E-state index is 0.0788. The molecule has 1 fully saturated rings. The van der Waals surface area contributed by atoms with E-state index >= 15 is 0 Å². The molecule has 2 rings (SSSR count). The smallest absolute Gasteiger partial charge is 0.257 e. The van der Waals surface area contributed by atoms with Crippen molar-refractivity contribution in [3.63, 3.8) is 0 Å². The number of furan rings is 1. The molecule has 0 saturated carbocycles. The van der Waals surface area contributed by atoms with Crippen molar-refractivity contribution >= 4 is 5.91 Å². The average Bonchev–Trinajstić information content (AvgIpc) is 2.81. The van der Waals surface area contributed by atoms with Crippen molar-refractivity contribution < 1.29 is 9.21 Å². The number of likely N-dealkylation sites (tertiary alicyclic amines) is 1. The molecule has 1 aromatic heterocycles. The van der Waals surface area contributed by atoms with E-state index in [2.05, 4.69) is 12.2 Å². The normalized spacial score (nSPS) is 25.8. The maximum absolute atomic E-state index is 12.0. The predicted octanol–water partition coefficient (Wildman–Crippen LogP) is 1.35. The lowest BCUT2D eigenvalue weighted by Gasteiger charge is -2.36. The first-order valence-electron chi connectivity index (χ1n) is 5.71. The summed E-state index contributed by atoms with van der Waals surface area (Å²) in [5, 5.41) is 3.29. The second-order valence-corrected chi connectivity index (χ2v) is 4.42. The van der Waals surface area contributed by atoms with Crippen LogP contribution in [0.2, 0.25) is 0 Å². The molecule has 1 N–H and O–H groups in total. The molecular formula is C12H18N2O2. The van der Waals surface area contributed by atoms with Gasteiger partial charge >= 0.3 is 0 Å². The van der Waals surface area contributed by atoms with Gasteiger partial charge in [-0.25, -0.2) is 0 Å². The van der Waals surface area contributed by atoms with Crippen molar-refractivity contribution in [1.82, 2.24) is 10.2 Å². The van der Waals surface area contributed by atoms with Crippen LogP contribution in [0.25, 0.3) is 0 Å². The molecule has 1 amide bonds. The van der Waals surface area contributed by atoms with E-state index in [0.717, 1.165) is 19.5 Å². The summed E-state index contributed by atoms with van der Waals surface area (Å²) in [5.74, 6) is 0.574. The third-order valence-corrected chi connectivity index (χ3v) is 3.33. The van der Waals surface area contributed by atoms with Crippen LogP contribution in [0.5, 0.6) is 0 Å². The molecule has 2 heterocycles. The minimum Gasteiger partial charge on any atom is -0.472 e. The maximum Gasteiger partial charge on any atom is 0.257 e. The number of nitrogens with zero attached hydrogens (tertiary/aromatic N) is 1. The third-order valence-electron chi connectivity index (χ3n) is 3.33. The van der Waals surface area contributed by atoms with Gasteiger partial charge in [0.15, 0.2) is 0 Å². The topological polar surface area (TPSA) is 45.5 Å². The number of carbonyl (C=O) groups excluding carboxylic acids is 1. The number of rotatable bonds is 2. The molecule has 0 radical (unpaired) electrons. The van der Waals surface area contributed by atoms with Crippen molar-refractivity contribution in [3.8, 4) is 0 Å². The highest BCUT2D eigenvalue weighted by Crippen LogP contribution is 2.18. The van der Waals surface area contributed by atoms with E-state index in [0.29, 0.717) is 17.5 Å². The lowest BCUT2D eigenvalue weighted by atomic mass is 9.94. The summed E-state index contributed by atoms with van der Waals surface area (Å²) in [5.41, 5.74) is 0.648. The Morgan fingerprint density at radius 3 is 3.00 bits per heavy atom. The van der Waals surface area contributed by atoms with Gasteiger partial charge in [0, 0.05) is 19.1 Å². The number of amides is 1. The summed E-state index contributed by atoms with van der Waals surface area (Å²) in [7, 11) is 1.98. The molecule has 0 bridgehead atoms. The van der Waals surface area contributed by atoms with Crippen LogP contribution >= 0.6 is 0 Å². The molecule has 1 aromatic rings. The summed E-state index contributed by atoms with van der Waals surface area (Å²) in [4.78, 5) is 14.0. The van der Waals surface area contributed by atoms with E-state index in [9.17, 15) is 4.79 Å². The quantitative estimate of drug-likeness (QED) is 0.821. The number of hydrogen-bond acceptors (Lipinski definition) is 3. The Hall–Kier alpha value is -1.29. The zero-order valence-electron chi connectivity index (χ0n) is 9.77. The number of nitrogens with one attached hydrogen (secondary N) is 1. The molecule has 4 nitrogen and oxygen atoms in total. The zero-order valence-corrected chi connectivity index (χ0v) is 9.77. The maximum atomic E-state index is 12.0. The molecular weight excluding hydrogens is 204 g/mol. The van der Waals surface area contributed by atoms with Crippen molar-refractivity contribution in [1.29, 1.82) is 0 Å². The van der Waals surface area contributed by atoms with Gasteiger partial charge in [-0.15, -0.1) is 0 Å². The van der Waals surface area contributed by atoms with Gasteiger partial charge < -0.3 is 14.6 Å². The molecule has 1 aliphatic heterocycles. The first kappa shape index (κ1) is 11.2. The lowest BCUT2D eigenvalue weighted by molar-refractivity contribution is 0.0648. The van der Waals surface area contributed by atoms with Crippen LogP contribution in [-0.4, -0.2) is 37.0 Å². The highest BCUT2D eigenvalue weighted by molar-refractivity contribution is 5.93. The first-order valence-corrected chi connectivity index (χ1v) is 5.71. The standard InChI is InChI=1S/C12H18N2O2/c1-9-7-14(5-3-11(9)13-2)12(15)10-4-6-16-8-10/h4,6,8-9,11,13H,3,5,7H2,1-2H3. The Morgan fingerprint density at radius 1 is 1.62 bits per heavy atom. The van der Waals surface area contributed by atoms with E-state index in [-0.39, 0.29) is 5.91 Å². The fourth-order valence-corrected chi connectivity index (χ4v) is 2.33. The highest BCUT2D eigenvalue weighted by Gasteiger charge is 2.28. The van der Waals surface area contributed by atoms with Gasteiger partial charge in [-0.2, -0.15) is 0 Å². The van der Waals surface area contributed by atoms with E-state index in [1.165, 1.54) is 12.5 Å². The van der Waals surface area contributed by atoms with E-state index in [1.807, 2.05) is 11.9 Å². The Kier molecular flexibility index (Phi) is 3.29. The highest BCUT2D eigenvalue weighted by atomic mass is 16.3. The van der Waals surface area contributed by atoms with Crippen LogP contribution < -0.4 is 5.32 Å². The Balaban J connectivity index is 2.00. The predicted molar refractivity (Wildman–Crippen MR) is 61.2 cm³/mol. The summed E-state index contributed by atoms with van der Waals surface area (Å²) in [6.45, 7) is 3.81. The molecule has 2 atom stereocenters. The van der Waals surface area contributed by atoms with Crippen molar-refractivity contribution in [2.45, 2.75) is 19.4 Å². The van der Waals surface area contributed by atoms with Crippen LogP contribution in [-0.2, 0) is 0 Å². The Bertz CT molecular complexity index is 348. The van der Waals surface area contributed by atoms with Gasteiger partial charge in [0.25, 0.3) is 5.91 Å². The van der Waals surface area contributed by atoms with Gasteiger partial charge in [-0.1, -0.05) is 6.92 Å². The van der Waals surface area contributed by atoms with Gasteiger partial charge in [-0.05, 0) is 25.5 Å². The van der Waals surface area contributed by atoms with Gasteiger partial charge in [-0.3, -0.25) is 4.79 Å². The molecule has 16 heavy (non-hydrogen) atoms. The first-order chi connectivity index (χ1) is 7.72. The monoisotopic (exact) mass is 222 g/mol. The third kappa shape index (κ3) is 2.11. The van der Waals surface area contributed by atoms with Crippen molar-refractivity contribution in [2.75, 3.05) is 20.1 Å². The molecule has 4 heteroatoms. The number of hydrogen-bond donors (Lipinski definition) is 1. The second-order valence-electron chi connectivity index (χ2n) is 4.42. The summed E-state index contributed by atoms with van der Waals surface area (Å²) in [6.07, 6.45) is 4.06. The molecule has 1 saturated heterocycles. The van der Waals surface area contributed by atoms with Crippen LogP contribution in [0.4, 0.5) is 0 Å². The fourth-order valence-electron chi connectivity index (χ4n) is 2.33. The SMILES string of the molecule is CNC1CCN(C(=O)c2ccoc2)CC1C. The average molecular weight is 222 g/mol. The zero-order chi connectivity index (χ0) is 11.5. The van der Waals surface area contributed by atoms with E-state index in [1.54, 1.807) is 6.07 Å². The molecule has 88 valence electrons. The summed E-state index contributed by atoms with van der Waals surface area (Å²) < 4.78 is 4.94. The minimum atomic E-state index is 0.0788. The van der Waals surface area contributed by atoms with E-state index in [4.69, 9.17) is 4.42 Å². The molecule has 2 unspecified atom stereocenters. The molecule has 0 spiro atoms. The van der Waals surface area contributed by atoms with Crippen molar-refractivity contribution in [2.24, 2.45) is 5.92 Å². The second kappa shape index (κ2) is 4.70. The van der Waals surface area contributed by atoms with Gasteiger partial charge in [0.1, 0.15) is 6.26 Å².